The minimum absolute atomic E-state index is 0.0531. The highest BCUT2D eigenvalue weighted by Gasteiger charge is 2.17. The first-order chi connectivity index (χ1) is 12.3. The summed E-state index contributed by atoms with van der Waals surface area (Å²) in [6.45, 7) is 1.69. The van der Waals surface area contributed by atoms with Crippen molar-refractivity contribution in [3.8, 4) is 11.3 Å². The summed E-state index contributed by atoms with van der Waals surface area (Å²) in [6.07, 6.45) is 5.75. The van der Waals surface area contributed by atoms with E-state index >= 15 is 0 Å². The Balaban J connectivity index is 1.69. The highest BCUT2D eigenvalue weighted by atomic mass is 16.1. The van der Waals surface area contributed by atoms with E-state index in [0.29, 0.717) is 18.2 Å². The van der Waals surface area contributed by atoms with Crippen LogP contribution in [0, 0.1) is 0 Å². The molecule has 1 saturated heterocycles. The van der Waals surface area contributed by atoms with Gasteiger partial charge in [0.05, 0.1) is 16.8 Å². The van der Waals surface area contributed by atoms with Gasteiger partial charge in [-0.1, -0.05) is 18.2 Å². The number of amides is 1. The summed E-state index contributed by atoms with van der Waals surface area (Å²) in [7, 11) is 0. The summed E-state index contributed by atoms with van der Waals surface area (Å²) in [5.74, 6) is -0.0531. The molecule has 1 unspecified atom stereocenters. The fraction of sp³-hybridized carbons (Fsp3) is 0.250. The fourth-order valence-corrected chi connectivity index (χ4v) is 3.28. The monoisotopic (exact) mass is 332 g/mol. The second-order valence-electron chi connectivity index (χ2n) is 6.31. The standard InChI is InChI=1S/C20H20N4O/c25-20(23-13-15-4-3-9-22-15)17-12-19(14-7-10-21-11-8-14)24-18-6-2-1-5-16(17)18/h1-2,5-8,10-12,15,22H,3-4,9,13H2,(H,23,25). The Morgan fingerprint density at radius 3 is 2.84 bits per heavy atom. The van der Waals surface area contributed by atoms with Crippen LogP contribution in [0.5, 0.6) is 0 Å². The van der Waals surface area contributed by atoms with E-state index in [1.165, 1.54) is 6.42 Å². The van der Waals surface area contributed by atoms with Gasteiger partial charge in [-0.2, -0.15) is 0 Å². The number of fused-ring (bicyclic) bond motifs is 1. The van der Waals surface area contributed by atoms with Gasteiger partial charge in [-0.3, -0.25) is 9.78 Å². The zero-order valence-electron chi connectivity index (χ0n) is 13.9. The molecular weight excluding hydrogens is 312 g/mol. The molecule has 2 N–H and O–H groups in total. The minimum atomic E-state index is -0.0531. The number of hydrogen-bond acceptors (Lipinski definition) is 4. The number of nitrogens with zero attached hydrogens (tertiary/aromatic N) is 2. The third kappa shape index (κ3) is 3.37. The molecule has 0 radical (unpaired) electrons. The Kier molecular flexibility index (Phi) is 4.39. The highest BCUT2D eigenvalue weighted by Crippen LogP contribution is 2.24. The third-order valence-electron chi connectivity index (χ3n) is 4.61. The van der Waals surface area contributed by atoms with Crippen molar-refractivity contribution in [2.24, 2.45) is 0 Å². The number of carbonyl (C=O) groups is 1. The van der Waals surface area contributed by atoms with Crippen LogP contribution in [0.2, 0.25) is 0 Å². The second-order valence-corrected chi connectivity index (χ2v) is 6.31. The molecule has 0 spiro atoms. The van der Waals surface area contributed by atoms with Crippen LogP contribution in [-0.2, 0) is 0 Å². The van der Waals surface area contributed by atoms with Crippen LogP contribution < -0.4 is 10.6 Å². The largest absolute Gasteiger partial charge is 0.350 e. The van der Waals surface area contributed by atoms with Crippen LogP contribution in [0.25, 0.3) is 22.2 Å². The molecule has 1 atom stereocenters. The summed E-state index contributed by atoms with van der Waals surface area (Å²) in [5, 5.41) is 7.35. The first-order valence-corrected chi connectivity index (χ1v) is 8.63. The van der Waals surface area contributed by atoms with Gasteiger partial charge in [0.15, 0.2) is 0 Å². The van der Waals surface area contributed by atoms with E-state index in [4.69, 9.17) is 4.98 Å². The van der Waals surface area contributed by atoms with E-state index in [-0.39, 0.29) is 5.91 Å². The van der Waals surface area contributed by atoms with E-state index in [1.54, 1.807) is 12.4 Å². The normalized spacial score (nSPS) is 16.9. The first kappa shape index (κ1) is 15.7. The molecule has 4 rings (SSSR count). The topological polar surface area (TPSA) is 66.9 Å². The Bertz CT molecular complexity index is 889. The van der Waals surface area contributed by atoms with Gasteiger partial charge in [0.2, 0.25) is 0 Å². The maximum absolute atomic E-state index is 12.8. The van der Waals surface area contributed by atoms with Crippen LogP contribution >= 0.6 is 0 Å². The summed E-state index contributed by atoms with van der Waals surface area (Å²) < 4.78 is 0. The van der Waals surface area contributed by atoms with E-state index in [9.17, 15) is 4.79 Å². The molecule has 25 heavy (non-hydrogen) atoms. The average molecular weight is 332 g/mol. The molecule has 126 valence electrons. The highest BCUT2D eigenvalue weighted by molar-refractivity contribution is 6.07. The van der Waals surface area contributed by atoms with Crippen LogP contribution in [0.4, 0.5) is 0 Å². The summed E-state index contributed by atoms with van der Waals surface area (Å²) >= 11 is 0. The molecule has 1 amide bonds. The first-order valence-electron chi connectivity index (χ1n) is 8.63. The number of hydrogen-bond donors (Lipinski definition) is 2. The van der Waals surface area contributed by atoms with Crippen molar-refractivity contribution in [1.82, 2.24) is 20.6 Å². The Hall–Kier alpha value is -2.79. The van der Waals surface area contributed by atoms with Crippen LogP contribution in [0.1, 0.15) is 23.2 Å². The SMILES string of the molecule is O=C(NCC1CCCN1)c1cc(-c2ccncc2)nc2ccccc12. The quantitative estimate of drug-likeness (QED) is 0.771. The number of rotatable bonds is 4. The van der Waals surface area contributed by atoms with Gasteiger partial charge in [0.25, 0.3) is 5.91 Å². The number of aromatic nitrogens is 2. The summed E-state index contributed by atoms with van der Waals surface area (Å²) in [6, 6.07) is 13.8. The molecular formula is C20H20N4O. The Morgan fingerprint density at radius 1 is 1.20 bits per heavy atom. The lowest BCUT2D eigenvalue weighted by atomic mass is 10.0. The van der Waals surface area contributed by atoms with Crippen molar-refractivity contribution >= 4 is 16.8 Å². The van der Waals surface area contributed by atoms with Crippen molar-refractivity contribution in [3.05, 3.63) is 60.4 Å². The van der Waals surface area contributed by atoms with Gasteiger partial charge >= 0.3 is 0 Å². The average Bonchev–Trinajstić information content (AvgIpc) is 3.19. The zero-order valence-corrected chi connectivity index (χ0v) is 13.9. The van der Waals surface area contributed by atoms with Crippen molar-refractivity contribution in [3.63, 3.8) is 0 Å². The predicted octanol–water partition coefficient (Wildman–Crippen LogP) is 2.78. The third-order valence-corrected chi connectivity index (χ3v) is 4.61. The Morgan fingerprint density at radius 2 is 2.04 bits per heavy atom. The number of para-hydroxylation sites is 1. The van der Waals surface area contributed by atoms with Crippen LogP contribution in [0.15, 0.2) is 54.9 Å². The molecule has 0 aliphatic carbocycles. The van der Waals surface area contributed by atoms with Gasteiger partial charge in [-0.25, -0.2) is 4.98 Å². The molecule has 0 saturated carbocycles. The smallest absolute Gasteiger partial charge is 0.252 e. The molecule has 1 aliphatic heterocycles. The molecule has 1 aliphatic rings. The van der Waals surface area contributed by atoms with Crippen molar-refractivity contribution in [2.45, 2.75) is 18.9 Å². The van der Waals surface area contributed by atoms with Gasteiger partial charge < -0.3 is 10.6 Å². The Labute approximate surface area is 146 Å². The van der Waals surface area contributed by atoms with Crippen molar-refractivity contribution in [1.29, 1.82) is 0 Å². The lowest BCUT2D eigenvalue weighted by Crippen LogP contribution is -2.37. The number of carbonyl (C=O) groups excluding carboxylic acids is 1. The number of benzene rings is 1. The summed E-state index contributed by atoms with van der Waals surface area (Å²) in [4.78, 5) is 21.6. The molecule has 1 aromatic carbocycles. The molecule has 5 heteroatoms. The maximum Gasteiger partial charge on any atom is 0.252 e. The van der Waals surface area contributed by atoms with Crippen molar-refractivity contribution in [2.75, 3.05) is 13.1 Å². The lowest BCUT2D eigenvalue weighted by Gasteiger charge is -2.13. The van der Waals surface area contributed by atoms with E-state index in [1.807, 2.05) is 42.5 Å². The summed E-state index contributed by atoms with van der Waals surface area (Å²) in [5.41, 5.74) is 3.22. The minimum Gasteiger partial charge on any atom is -0.350 e. The molecule has 3 aromatic rings. The predicted molar refractivity (Wildman–Crippen MR) is 98.3 cm³/mol. The molecule has 5 nitrogen and oxygen atoms in total. The van der Waals surface area contributed by atoms with Crippen molar-refractivity contribution < 1.29 is 4.79 Å². The zero-order chi connectivity index (χ0) is 17.1. The molecule has 2 aromatic heterocycles. The molecule has 0 bridgehead atoms. The van der Waals surface area contributed by atoms with E-state index in [0.717, 1.165) is 35.1 Å². The van der Waals surface area contributed by atoms with Gasteiger partial charge in [0.1, 0.15) is 0 Å². The number of pyridine rings is 2. The van der Waals surface area contributed by atoms with Gasteiger partial charge in [0, 0.05) is 35.9 Å². The van der Waals surface area contributed by atoms with E-state index in [2.05, 4.69) is 15.6 Å². The lowest BCUT2D eigenvalue weighted by molar-refractivity contribution is 0.0952. The van der Waals surface area contributed by atoms with Crippen LogP contribution in [-0.4, -0.2) is 35.0 Å². The fourth-order valence-electron chi connectivity index (χ4n) is 3.28. The molecule has 3 heterocycles. The maximum atomic E-state index is 12.8. The molecule has 1 fully saturated rings. The van der Waals surface area contributed by atoms with Crippen LogP contribution in [0.3, 0.4) is 0 Å². The van der Waals surface area contributed by atoms with Gasteiger partial charge in [-0.05, 0) is 43.7 Å². The van der Waals surface area contributed by atoms with E-state index < -0.39 is 0 Å². The number of nitrogens with one attached hydrogen (secondary N) is 2. The second kappa shape index (κ2) is 6.99. The van der Waals surface area contributed by atoms with Gasteiger partial charge in [-0.15, -0.1) is 0 Å².